The zero-order valence-corrected chi connectivity index (χ0v) is 19.2. The largest absolute Gasteiger partial charge is 0.493 e. The molecule has 0 aliphatic carbocycles. The summed E-state index contributed by atoms with van der Waals surface area (Å²) in [6.45, 7) is 7.92. The highest BCUT2D eigenvalue weighted by atomic mass is 32.2. The van der Waals surface area contributed by atoms with Crippen LogP contribution in [-0.4, -0.2) is 46.7 Å². The van der Waals surface area contributed by atoms with Crippen LogP contribution in [0.3, 0.4) is 0 Å². The van der Waals surface area contributed by atoms with E-state index >= 15 is 0 Å². The maximum atomic E-state index is 13.1. The molecule has 0 bridgehead atoms. The van der Waals surface area contributed by atoms with Gasteiger partial charge in [0.25, 0.3) is 0 Å². The van der Waals surface area contributed by atoms with Gasteiger partial charge in [0.2, 0.25) is 10.0 Å². The summed E-state index contributed by atoms with van der Waals surface area (Å²) in [7, 11) is -0.394. The average Bonchev–Trinajstić information content (AvgIpc) is 2.76. The predicted octanol–water partition coefficient (Wildman–Crippen LogP) is 3.63. The lowest BCUT2D eigenvalue weighted by Crippen LogP contribution is -2.51. The van der Waals surface area contributed by atoms with Gasteiger partial charge in [0.1, 0.15) is 0 Å². The molecule has 0 aromatic heterocycles. The molecule has 7 heteroatoms. The van der Waals surface area contributed by atoms with Crippen molar-refractivity contribution in [1.29, 1.82) is 0 Å². The van der Waals surface area contributed by atoms with Crippen LogP contribution in [-0.2, 0) is 16.4 Å². The van der Waals surface area contributed by atoms with Gasteiger partial charge in [-0.2, -0.15) is 0 Å². The fraction of sp³-hybridized carbons (Fsp3) is 0.478. The number of nitrogens with one attached hydrogen (secondary N) is 1. The predicted molar refractivity (Wildman–Crippen MR) is 119 cm³/mol. The second-order valence-corrected chi connectivity index (χ2v) is 9.65. The Balaban J connectivity index is 2.07. The Morgan fingerprint density at radius 3 is 2.30 bits per heavy atom. The third kappa shape index (κ3) is 4.48. The minimum Gasteiger partial charge on any atom is -0.493 e. The van der Waals surface area contributed by atoms with Crippen molar-refractivity contribution in [2.24, 2.45) is 5.92 Å². The normalized spacial score (nSPS) is 18.1. The topological polar surface area (TPSA) is 67.9 Å². The monoisotopic (exact) mass is 432 g/mol. The summed E-state index contributed by atoms with van der Waals surface area (Å²) in [6, 6.07) is 12.2. The summed E-state index contributed by atoms with van der Waals surface area (Å²) in [5, 5.41) is 0. The van der Waals surface area contributed by atoms with Gasteiger partial charge in [-0.15, -0.1) is 0 Å². The van der Waals surface area contributed by atoms with Crippen LogP contribution >= 0.6 is 0 Å². The quantitative estimate of drug-likeness (QED) is 0.690. The maximum absolute atomic E-state index is 13.1. The van der Waals surface area contributed by atoms with Crippen molar-refractivity contribution in [2.45, 2.75) is 44.2 Å². The minimum absolute atomic E-state index is 0.0848. The van der Waals surface area contributed by atoms with E-state index in [-0.39, 0.29) is 22.9 Å². The van der Waals surface area contributed by atoms with Gasteiger partial charge in [-0.25, -0.2) is 13.1 Å². The van der Waals surface area contributed by atoms with Gasteiger partial charge in [0.05, 0.1) is 25.2 Å². The number of hydrogen-bond acceptors (Lipinski definition) is 5. The highest BCUT2D eigenvalue weighted by Gasteiger charge is 2.38. The van der Waals surface area contributed by atoms with Crippen molar-refractivity contribution in [2.75, 3.05) is 27.3 Å². The molecule has 164 valence electrons. The fourth-order valence-corrected chi connectivity index (χ4v) is 5.63. The molecule has 30 heavy (non-hydrogen) atoms. The molecule has 1 aliphatic rings. The Bertz CT molecular complexity index is 961. The molecule has 6 nitrogen and oxygen atoms in total. The van der Waals surface area contributed by atoms with Gasteiger partial charge in [-0.1, -0.05) is 39.0 Å². The van der Waals surface area contributed by atoms with Crippen LogP contribution in [0, 0.1) is 5.92 Å². The van der Waals surface area contributed by atoms with Crippen molar-refractivity contribution in [1.82, 2.24) is 9.62 Å². The molecule has 2 aromatic rings. The van der Waals surface area contributed by atoms with E-state index in [0.29, 0.717) is 11.5 Å². The lowest BCUT2D eigenvalue weighted by molar-refractivity contribution is 0.141. The van der Waals surface area contributed by atoms with E-state index in [4.69, 9.17) is 9.47 Å². The Kier molecular flexibility index (Phi) is 7.06. The van der Waals surface area contributed by atoms with Crippen LogP contribution in [0.5, 0.6) is 11.5 Å². The van der Waals surface area contributed by atoms with Gasteiger partial charge in [0.15, 0.2) is 11.5 Å². The Morgan fingerprint density at radius 2 is 1.73 bits per heavy atom. The third-order valence-corrected chi connectivity index (χ3v) is 7.31. The first-order chi connectivity index (χ1) is 14.3. The van der Waals surface area contributed by atoms with E-state index in [1.54, 1.807) is 38.5 Å². The summed E-state index contributed by atoms with van der Waals surface area (Å²) in [4.78, 5) is 2.62. The molecule has 0 radical (unpaired) electrons. The number of likely N-dealkylation sites (N-methyl/N-ethyl adjacent to an activating group) is 1. The van der Waals surface area contributed by atoms with Crippen LogP contribution in [0.25, 0.3) is 0 Å². The first-order valence-electron chi connectivity index (χ1n) is 10.4. The number of fused-ring (bicyclic) bond motifs is 1. The molecule has 0 fully saturated rings. The van der Waals surface area contributed by atoms with E-state index in [0.717, 1.165) is 25.1 Å². The number of rotatable bonds is 8. The molecule has 0 amide bonds. The van der Waals surface area contributed by atoms with Crippen LogP contribution in [0.1, 0.15) is 37.9 Å². The molecule has 2 unspecified atom stereocenters. The van der Waals surface area contributed by atoms with Gasteiger partial charge in [-0.05, 0) is 54.3 Å². The molecule has 0 spiro atoms. The molecule has 1 N–H and O–H groups in total. The number of methoxy groups -OCH3 is 2. The molecule has 0 saturated carbocycles. The molecular formula is C23H32N2O4S. The highest BCUT2D eigenvalue weighted by Crippen LogP contribution is 2.41. The van der Waals surface area contributed by atoms with Crippen molar-refractivity contribution >= 4 is 10.0 Å². The van der Waals surface area contributed by atoms with Crippen molar-refractivity contribution in [3.63, 3.8) is 0 Å². The minimum atomic E-state index is -3.65. The number of ether oxygens (including phenoxy) is 2. The summed E-state index contributed by atoms with van der Waals surface area (Å²) in [5.74, 6) is 1.44. The molecular weight excluding hydrogens is 400 g/mol. The van der Waals surface area contributed by atoms with Crippen molar-refractivity contribution < 1.29 is 17.9 Å². The second kappa shape index (κ2) is 9.37. The first-order valence-corrected chi connectivity index (χ1v) is 11.9. The van der Waals surface area contributed by atoms with Crippen LogP contribution in [0.4, 0.5) is 0 Å². The van der Waals surface area contributed by atoms with Crippen LogP contribution < -0.4 is 14.2 Å². The summed E-state index contributed by atoms with van der Waals surface area (Å²) in [6.07, 6.45) is 0.885. The van der Waals surface area contributed by atoms with Gasteiger partial charge in [-0.3, -0.25) is 4.90 Å². The number of nitrogens with zero attached hydrogens (tertiary/aromatic N) is 1. The first kappa shape index (κ1) is 22.6. The molecule has 2 aromatic carbocycles. The third-order valence-electron chi connectivity index (χ3n) is 5.84. The van der Waals surface area contributed by atoms with Crippen molar-refractivity contribution in [3.8, 4) is 11.5 Å². The summed E-state index contributed by atoms with van der Waals surface area (Å²) >= 11 is 0. The van der Waals surface area contributed by atoms with E-state index in [2.05, 4.69) is 30.4 Å². The number of benzene rings is 2. The van der Waals surface area contributed by atoms with E-state index in [1.807, 2.05) is 18.2 Å². The van der Waals surface area contributed by atoms with Gasteiger partial charge < -0.3 is 9.47 Å². The maximum Gasteiger partial charge on any atom is 0.240 e. The van der Waals surface area contributed by atoms with Crippen LogP contribution in [0.2, 0.25) is 0 Å². The molecule has 1 aliphatic heterocycles. The molecule has 3 rings (SSSR count). The number of hydrogen-bond donors (Lipinski definition) is 1. The van der Waals surface area contributed by atoms with Gasteiger partial charge >= 0.3 is 0 Å². The van der Waals surface area contributed by atoms with Crippen LogP contribution in [0.15, 0.2) is 47.4 Å². The lowest BCUT2D eigenvalue weighted by atomic mass is 9.84. The number of sulfonamides is 1. The Hall–Kier alpha value is -2.09. The van der Waals surface area contributed by atoms with E-state index in [1.165, 1.54) is 5.56 Å². The second-order valence-electron chi connectivity index (χ2n) is 7.93. The highest BCUT2D eigenvalue weighted by molar-refractivity contribution is 7.89. The molecule has 1 heterocycles. The lowest BCUT2D eigenvalue weighted by Gasteiger charge is -2.43. The fourth-order valence-electron chi connectivity index (χ4n) is 4.22. The van der Waals surface area contributed by atoms with Gasteiger partial charge in [0, 0.05) is 12.6 Å². The SMILES string of the molecule is CCN1CCc2cc(OC)c(OC)cc2C1C(NS(=O)(=O)c1ccccc1)C(C)C. The van der Waals surface area contributed by atoms with E-state index < -0.39 is 10.0 Å². The molecule has 0 saturated heterocycles. The summed E-state index contributed by atoms with van der Waals surface area (Å²) < 4.78 is 40.3. The van der Waals surface area contributed by atoms with E-state index in [9.17, 15) is 8.42 Å². The molecule has 2 atom stereocenters. The zero-order valence-electron chi connectivity index (χ0n) is 18.4. The Morgan fingerprint density at radius 1 is 1.10 bits per heavy atom. The van der Waals surface area contributed by atoms with Crippen molar-refractivity contribution in [3.05, 3.63) is 53.6 Å². The smallest absolute Gasteiger partial charge is 0.240 e. The zero-order chi connectivity index (χ0) is 21.9. The summed E-state index contributed by atoms with van der Waals surface area (Å²) in [5.41, 5.74) is 2.27. The standard InChI is InChI=1S/C23H32N2O4S/c1-6-25-13-12-17-14-20(28-4)21(29-5)15-19(17)23(25)22(16(2)3)24-30(26,27)18-10-8-7-9-11-18/h7-11,14-16,22-24H,6,12-13H2,1-5H3. The Labute approximate surface area is 180 Å². The average molecular weight is 433 g/mol.